The summed E-state index contributed by atoms with van der Waals surface area (Å²) < 4.78 is 6.82. The van der Waals surface area contributed by atoms with Gasteiger partial charge in [-0.1, -0.05) is 30.3 Å². The third-order valence-corrected chi connectivity index (χ3v) is 4.16. The van der Waals surface area contributed by atoms with Crippen LogP contribution in [0.2, 0.25) is 0 Å². The minimum Gasteiger partial charge on any atom is -0.421 e. The molecular weight excluding hydrogens is 356 g/mol. The van der Waals surface area contributed by atoms with E-state index in [1.54, 1.807) is 36.4 Å². The van der Waals surface area contributed by atoms with Crippen molar-refractivity contribution in [2.24, 2.45) is 0 Å². The number of rotatable bonds is 4. The van der Waals surface area contributed by atoms with Crippen molar-refractivity contribution >= 4 is 17.5 Å². The number of esters is 1. The molecule has 0 saturated heterocycles. The highest BCUT2D eigenvalue weighted by molar-refractivity contribution is 6.09. The first-order valence-corrected chi connectivity index (χ1v) is 8.64. The second kappa shape index (κ2) is 7.03. The minimum atomic E-state index is -0.690. The van der Waals surface area contributed by atoms with E-state index < -0.39 is 5.97 Å². The van der Waals surface area contributed by atoms with Gasteiger partial charge in [-0.2, -0.15) is 4.98 Å². The average Bonchev–Trinajstić information content (AvgIpc) is 3.13. The lowest BCUT2D eigenvalue weighted by Gasteiger charge is -2.04. The second-order valence-corrected chi connectivity index (χ2v) is 6.30. The summed E-state index contributed by atoms with van der Waals surface area (Å²) in [4.78, 5) is 33.2. The summed E-state index contributed by atoms with van der Waals surface area (Å²) in [5.41, 5.74) is 2.71. The van der Waals surface area contributed by atoms with Crippen LogP contribution < -0.4 is 4.74 Å². The normalized spacial score (nSPS) is 10.8. The Morgan fingerprint density at radius 1 is 0.893 bits per heavy atom. The largest absolute Gasteiger partial charge is 0.421 e. The van der Waals surface area contributed by atoms with Crippen LogP contribution in [0.5, 0.6) is 5.75 Å². The van der Waals surface area contributed by atoms with E-state index in [9.17, 15) is 9.59 Å². The van der Waals surface area contributed by atoms with Crippen LogP contribution in [0.15, 0.2) is 60.7 Å². The molecule has 2 heterocycles. The highest BCUT2D eigenvalue weighted by atomic mass is 16.5. The highest BCUT2D eigenvalue weighted by Gasteiger charge is 2.17. The van der Waals surface area contributed by atoms with Crippen LogP contribution in [0, 0.1) is 13.8 Å². The molecule has 0 N–H and O–H groups in total. The molecule has 138 valence electrons. The van der Waals surface area contributed by atoms with Gasteiger partial charge in [0.05, 0.1) is 0 Å². The van der Waals surface area contributed by atoms with E-state index in [1.165, 1.54) is 4.52 Å². The number of carbonyl (C=O) groups excluding carboxylic acids is 2. The Kier molecular flexibility index (Phi) is 4.41. The third kappa shape index (κ3) is 3.37. The molecule has 4 aromatic rings. The minimum absolute atomic E-state index is 0.0781. The smallest absolute Gasteiger partial charge is 0.383 e. The van der Waals surface area contributed by atoms with Gasteiger partial charge in [0, 0.05) is 22.5 Å². The molecule has 0 atom stereocenters. The first-order valence-electron chi connectivity index (χ1n) is 8.64. The van der Waals surface area contributed by atoms with E-state index in [0.29, 0.717) is 22.7 Å². The topological polar surface area (TPSA) is 86.5 Å². The summed E-state index contributed by atoms with van der Waals surface area (Å²) >= 11 is 0. The number of hydrogen-bond donors (Lipinski definition) is 0. The zero-order valence-electron chi connectivity index (χ0n) is 15.3. The summed E-state index contributed by atoms with van der Waals surface area (Å²) in [6, 6.07) is 17.2. The number of nitrogens with zero attached hydrogens (tertiary/aromatic N) is 4. The first kappa shape index (κ1) is 17.5. The Bertz CT molecular complexity index is 1180. The molecule has 28 heavy (non-hydrogen) atoms. The van der Waals surface area contributed by atoms with Gasteiger partial charge in [0.1, 0.15) is 5.75 Å². The molecule has 0 fully saturated rings. The molecule has 0 radical (unpaired) electrons. The van der Waals surface area contributed by atoms with E-state index in [1.807, 2.05) is 38.1 Å². The van der Waals surface area contributed by atoms with Crippen molar-refractivity contribution in [2.75, 3.05) is 0 Å². The van der Waals surface area contributed by atoms with Gasteiger partial charge in [0.25, 0.3) is 11.6 Å². The molecule has 0 bridgehead atoms. The number of ether oxygens (including phenoxy) is 1. The average molecular weight is 372 g/mol. The van der Waals surface area contributed by atoms with Crippen LogP contribution in [0.1, 0.15) is 37.9 Å². The maximum atomic E-state index is 12.4. The molecule has 0 spiro atoms. The van der Waals surface area contributed by atoms with Crippen molar-refractivity contribution in [1.82, 2.24) is 19.6 Å². The van der Waals surface area contributed by atoms with Crippen molar-refractivity contribution in [2.45, 2.75) is 13.8 Å². The predicted octanol–water partition coefficient (Wildman–Crippen LogP) is 3.19. The van der Waals surface area contributed by atoms with Gasteiger partial charge in [0.15, 0.2) is 5.78 Å². The second-order valence-electron chi connectivity index (χ2n) is 6.30. The van der Waals surface area contributed by atoms with Crippen LogP contribution in [0.25, 0.3) is 5.78 Å². The summed E-state index contributed by atoms with van der Waals surface area (Å²) in [6.45, 7) is 3.70. The van der Waals surface area contributed by atoms with Crippen LogP contribution in [0.4, 0.5) is 0 Å². The van der Waals surface area contributed by atoms with Gasteiger partial charge >= 0.3 is 5.97 Å². The zero-order valence-corrected chi connectivity index (χ0v) is 15.3. The summed E-state index contributed by atoms with van der Waals surface area (Å²) in [5, 5.41) is 4.15. The number of carbonyl (C=O) groups is 2. The fourth-order valence-corrected chi connectivity index (χ4v) is 2.84. The number of aryl methyl sites for hydroxylation is 2. The molecule has 2 aromatic heterocycles. The number of ketones is 1. The van der Waals surface area contributed by atoms with Crippen molar-refractivity contribution < 1.29 is 14.3 Å². The highest BCUT2D eigenvalue weighted by Crippen LogP contribution is 2.17. The Labute approximate surface area is 160 Å². The maximum absolute atomic E-state index is 12.4. The van der Waals surface area contributed by atoms with E-state index in [4.69, 9.17) is 4.74 Å². The van der Waals surface area contributed by atoms with Crippen LogP contribution >= 0.6 is 0 Å². The SMILES string of the molecule is Cc1cc(C)n2nc(C(=O)Oc3ccc(C(=O)c4ccccc4)cc3)nc2n1. The van der Waals surface area contributed by atoms with Crippen LogP contribution in [-0.4, -0.2) is 31.3 Å². The standard InChI is InChI=1S/C21H16N4O3/c1-13-12-14(2)25-21(22-13)23-19(24-25)20(27)28-17-10-8-16(9-11-17)18(26)15-6-4-3-5-7-15/h3-12H,1-2H3. The molecule has 4 rings (SSSR count). The van der Waals surface area contributed by atoms with Gasteiger partial charge in [-0.15, -0.1) is 5.10 Å². The van der Waals surface area contributed by atoms with Gasteiger partial charge in [-0.25, -0.2) is 14.3 Å². The quantitative estimate of drug-likeness (QED) is 0.311. The lowest BCUT2D eigenvalue weighted by molar-refractivity contribution is 0.0722. The monoisotopic (exact) mass is 372 g/mol. The fraction of sp³-hybridized carbons (Fsp3) is 0.0952. The number of aromatic nitrogens is 4. The molecule has 0 unspecified atom stereocenters. The lowest BCUT2D eigenvalue weighted by Crippen LogP contribution is -2.11. The van der Waals surface area contributed by atoms with Crippen LogP contribution in [-0.2, 0) is 0 Å². The Morgan fingerprint density at radius 3 is 2.29 bits per heavy atom. The van der Waals surface area contributed by atoms with E-state index in [0.717, 1.165) is 11.4 Å². The molecule has 0 saturated carbocycles. The number of benzene rings is 2. The van der Waals surface area contributed by atoms with Crippen molar-refractivity contribution in [3.05, 3.63) is 89.0 Å². The van der Waals surface area contributed by atoms with Gasteiger partial charge in [0.2, 0.25) is 0 Å². The molecule has 7 nitrogen and oxygen atoms in total. The van der Waals surface area contributed by atoms with Crippen molar-refractivity contribution in [3.63, 3.8) is 0 Å². The summed E-state index contributed by atoms with van der Waals surface area (Å²) in [6.07, 6.45) is 0. The molecule has 0 amide bonds. The molecule has 0 aliphatic heterocycles. The molecule has 0 aliphatic carbocycles. The molecular formula is C21H16N4O3. The number of hydrogen-bond acceptors (Lipinski definition) is 6. The number of fused-ring (bicyclic) bond motifs is 1. The predicted molar refractivity (Wildman–Crippen MR) is 102 cm³/mol. The van der Waals surface area contributed by atoms with Crippen molar-refractivity contribution in [1.29, 1.82) is 0 Å². The Morgan fingerprint density at radius 2 is 1.57 bits per heavy atom. The zero-order chi connectivity index (χ0) is 19.7. The van der Waals surface area contributed by atoms with Gasteiger partial charge in [-0.3, -0.25) is 4.79 Å². The lowest BCUT2D eigenvalue weighted by atomic mass is 10.0. The Hall–Kier alpha value is -3.87. The van der Waals surface area contributed by atoms with E-state index in [-0.39, 0.29) is 11.6 Å². The molecule has 2 aromatic carbocycles. The third-order valence-electron chi connectivity index (χ3n) is 4.16. The van der Waals surface area contributed by atoms with Gasteiger partial charge in [-0.05, 0) is 44.2 Å². The Balaban J connectivity index is 1.52. The van der Waals surface area contributed by atoms with Crippen molar-refractivity contribution in [3.8, 4) is 5.75 Å². The fourth-order valence-electron chi connectivity index (χ4n) is 2.84. The van der Waals surface area contributed by atoms with E-state index >= 15 is 0 Å². The summed E-state index contributed by atoms with van der Waals surface area (Å²) in [7, 11) is 0. The summed E-state index contributed by atoms with van der Waals surface area (Å²) in [5.74, 6) is -0.227. The molecule has 7 heteroatoms. The van der Waals surface area contributed by atoms with E-state index in [2.05, 4.69) is 15.1 Å². The molecule has 0 aliphatic rings. The van der Waals surface area contributed by atoms with Crippen LogP contribution in [0.3, 0.4) is 0 Å². The maximum Gasteiger partial charge on any atom is 0.383 e. The first-order chi connectivity index (χ1) is 13.5. The van der Waals surface area contributed by atoms with Gasteiger partial charge < -0.3 is 4.74 Å².